The number of esters is 1. The Labute approximate surface area is 162 Å². The predicted octanol–water partition coefficient (Wildman–Crippen LogP) is 4.88. The van der Waals surface area contributed by atoms with Crippen molar-refractivity contribution in [3.05, 3.63) is 57.6 Å². The van der Waals surface area contributed by atoms with Gasteiger partial charge in [-0.05, 0) is 62.7 Å². The topological polar surface area (TPSA) is 64.6 Å². The van der Waals surface area contributed by atoms with E-state index in [4.69, 9.17) is 32.7 Å². The van der Waals surface area contributed by atoms with E-state index in [1.807, 2.05) is 6.92 Å². The Hall–Kier alpha value is -2.24. The van der Waals surface area contributed by atoms with Crippen LogP contribution in [-0.4, -0.2) is 24.6 Å². The second kappa shape index (κ2) is 8.92. The molecular weight excluding hydrogens is 377 g/mol. The molecule has 138 valence electrons. The van der Waals surface area contributed by atoms with Gasteiger partial charge in [0.05, 0.1) is 17.2 Å². The highest BCUT2D eigenvalue weighted by Crippen LogP contribution is 2.23. The van der Waals surface area contributed by atoms with E-state index in [1.165, 1.54) is 12.1 Å². The number of amides is 1. The Morgan fingerprint density at radius 2 is 1.81 bits per heavy atom. The van der Waals surface area contributed by atoms with Crippen molar-refractivity contribution in [2.75, 3.05) is 11.9 Å². The number of benzene rings is 2. The van der Waals surface area contributed by atoms with Crippen molar-refractivity contribution in [2.45, 2.75) is 26.9 Å². The third-order valence-electron chi connectivity index (χ3n) is 3.54. The second-order valence-corrected chi connectivity index (χ2v) is 6.39. The molecule has 0 saturated carbocycles. The number of halogens is 2. The van der Waals surface area contributed by atoms with Crippen LogP contribution in [0, 0.1) is 6.92 Å². The molecule has 0 aromatic heterocycles. The van der Waals surface area contributed by atoms with Crippen LogP contribution in [0.4, 0.5) is 5.69 Å². The van der Waals surface area contributed by atoms with Gasteiger partial charge in [-0.2, -0.15) is 0 Å². The number of ether oxygens (including phenoxy) is 2. The summed E-state index contributed by atoms with van der Waals surface area (Å²) in [6.07, 6.45) is -0.753. The molecule has 0 aliphatic heterocycles. The van der Waals surface area contributed by atoms with Gasteiger partial charge >= 0.3 is 5.97 Å². The maximum absolute atomic E-state index is 12.3. The van der Waals surface area contributed by atoms with Crippen LogP contribution in [0.15, 0.2) is 36.4 Å². The zero-order chi connectivity index (χ0) is 19.3. The smallest absolute Gasteiger partial charge is 0.339 e. The van der Waals surface area contributed by atoms with Crippen LogP contribution in [-0.2, 0) is 9.53 Å². The maximum atomic E-state index is 12.3. The van der Waals surface area contributed by atoms with E-state index < -0.39 is 12.1 Å². The Bertz CT molecular complexity index is 823. The van der Waals surface area contributed by atoms with Crippen LogP contribution in [0.1, 0.15) is 29.8 Å². The first-order valence-corrected chi connectivity index (χ1v) is 8.77. The van der Waals surface area contributed by atoms with Gasteiger partial charge in [0.1, 0.15) is 5.75 Å². The highest BCUT2D eigenvalue weighted by Gasteiger charge is 2.17. The van der Waals surface area contributed by atoms with Gasteiger partial charge < -0.3 is 14.8 Å². The predicted molar refractivity (Wildman–Crippen MR) is 102 cm³/mol. The van der Waals surface area contributed by atoms with E-state index in [1.54, 1.807) is 38.1 Å². The molecule has 0 saturated heterocycles. The Morgan fingerprint density at radius 3 is 2.46 bits per heavy atom. The quantitative estimate of drug-likeness (QED) is 0.707. The molecule has 26 heavy (non-hydrogen) atoms. The molecule has 0 bridgehead atoms. The second-order valence-electron chi connectivity index (χ2n) is 5.58. The van der Waals surface area contributed by atoms with Gasteiger partial charge in [-0.15, -0.1) is 0 Å². The van der Waals surface area contributed by atoms with Crippen molar-refractivity contribution in [2.24, 2.45) is 0 Å². The molecule has 2 aromatic carbocycles. The number of anilines is 1. The average Bonchev–Trinajstić information content (AvgIpc) is 2.60. The summed E-state index contributed by atoms with van der Waals surface area (Å²) in [5, 5.41) is 3.58. The fraction of sp³-hybridized carbons (Fsp3) is 0.263. The van der Waals surface area contributed by atoms with Crippen molar-refractivity contribution in [3.8, 4) is 5.75 Å². The lowest BCUT2D eigenvalue weighted by Crippen LogP contribution is -2.30. The first-order valence-electron chi connectivity index (χ1n) is 8.02. The van der Waals surface area contributed by atoms with Crippen molar-refractivity contribution >= 4 is 40.8 Å². The summed E-state index contributed by atoms with van der Waals surface area (Å²) in [5.41, 5.74) is 1.46. The fourth-order valence-electron chi connectivity index (χ4n) is 2.16. The molecule has 0 aliphatic rings. The van der Waals surface area contributed by atoms with Gasteiger partial charge in [0.25, 0.3) is 5.91 Å². The minimum atomic E-state index is -0.753. The van der Waals surface area contributed by atoms with Crippen molar-refractivity contribution < 1.29 is 19.1 Å². The van der Waals surface area contributed by atoms with Crippen LogP contribution in [0.5, 0.6) is 5.75 Å². The van der Waals surface area contributed by atoms with Gasteiger partial charge in [0.15, 0.2) is 6.10 Å². The van der Waals surface area contributed by atoms with Crippen LogP contribution >= 0.6 is 23.2 Å². The maximum Gasteiger partial charge on any atom is 0.339 e. The number of hydrogen-bond donors (Lipinski definition) is 1. The van der Waals surface area contributed by atoms with Gasteiger partial charge in [-0.3, -0.25) is 4.79 Å². The number of rotatable bonds is 6. The lowest BCUT2D eigenvalue weighted by molar-refractivity contribution is -0.122. The van der Waals surface area contributed by atoms with Crippen LogP contribution in [0.25, 0.3) is 0 Å². The third kappa shape index (κ3) is 5.13. The molecular formula is C19H19Cl2NO4. The summed E-state index contributed by atoms with van der Waals surface area (Å²) >= 11 is 12.0. The zero-order valence-electron chi connectivity index (χ0n) is 14.6. The molecule has 0 radical (unpaired) electrons. The minimum absolute atomic E-state index is 0.188. The highest BCUT2D eigenvalue weighted by molar-refractivity contribution is 6.33. The number of hydrogen-bond acceptors (Lipinski definition) is 4. The lowest BCUT2D eigenvalue weighted by atomic mass is 10.2. The lowest BCUT2D eigenvalue weighted by Gasteiger charge is -2.16. The van der Waals surface area contributed by atoms with Crippen molar-refractivity contribution in [3.63, 3.8) is 0 Å². The molecule has 2 aromatic rings. The number of nitrogens with one attached hydrogen (secondary N) is 1. The van der Waals surface area contributed by atoms with E-state index in [-0.39, 0.29) is 23.1 Å². The molecule has 1 atom stereocenters. The standard InChI is InChI=1S/C19H19Cl2NO4/c1-4-25-19(24)15-10-13(5-7-17(15)21)22-18(23)12(3)26-14-6-8-16(20)11(2)9-14/h5-10,12H,4H2,1-3H3,(H,22,23)/t12-/m1/s1. The first-order chi connectivity index (χ1) is 12.3. The first kappa shape index (κ1) is 20.1. The van der Waals surface area contributed by atoms with Crippen molar-refractivity contribution in [1.29, 1.82) is 0 Å². The molecule has 1 N–H and O–H groups in total. The van der Waals surface area contributed by atoms with E-state index >= 15 is 0 Å². The summed E-state index contributed by atoms with van der Waals surface area (Å²) in [4.78, 5) is 24.2. The molecule has 2 rings (SSSR count). The Balaban J connectivity index is 2.07. The van der Waals surface area contributed by atoms with E-state index in [0.29, 0.717) is 16.5 Å². The number of carbonyl (C=O) groups excluding carboxylic acids is 2. The average molecular weight is 396 g/mol. The van der Waals surface area contributed by atoms with Gasteiger partial charge in [-0.25, -0.2) is 4.79 Å². The molecule has 0 spiro atoms. The largest absolute Gasteiger partial charge is 0.481 e. The minimum Gasteiger partial charge on any atom is -0.481 e. The molecule has 5 nitrogen and oxygen atoms in total. The molecule has 0 aliphatic carbocycles. The van der Waals surface area contributed by atoms with Gasteiger partial charge in [0, 0.05) is 10.7 Å². The van der Waals surface area contributed by atoms with Crippen molar-refractivity contribution in [1.82, 2.24) is 0 Å². The highest BCUT2D eigenvalue weighted by atomic mass is 35.5. The van der Waals surface area contributed by atoms with Crippen LogP contribution in [0.2, 0.25) is 10.0 Å². The Kier molecular flexibility index (Phi) is 6.89. The Morgan fingerprint density at radius 1 is 1.12 bits per heavy atom. The third-order valence-corrected chi connectivity index (χ3v) is 4.29. The monoisotopic (exact) mass is 395 g/mol. The van der Waals surface area contributed by atoms with E-state index in [2.05, 4.69) is 5.32 Å². The van der Waals surface area contributed by atoms with Crippen LogP contribution in [0.3, 0.4) is 0 Å². The zero-order valence-corrected chi connectivity index (χ0v) is 16.1. The summed E-state index contributed by atoms with van der Waals surface area (Å²) in [6.45, 7) is 5.41. The normalized spacial score (nSPS) is 11.6. The fourth-order valence-corrected chi connectivity index (χ4v) is 2.47. The molecule has 0 heterocycles. The molecule has 0 fully saturated rings. The van der Waals surface area contributed by atoms with Gasteiger partial charge in [0.2, 0.25) is 0 Å². The molecule has 1 amide bonds. The van der Waals surface area contributed by atoms with E-state index in [0.717, 1.165) is 5.56 Å². The van der Waals surface area contributed by atoms with Gasteiger partial charge in [-0.1, -0.05) is 23.2 Å². The number of aryl methyl sites for hydroxylation is 1. The molecule has 0 unspecified atom stereocenters. The molecule has 7 heteroatoms. The summed E-state index contributed by atoms with van der Waals surface area (Å²) in [5.74, 6) is -0.373. The summed E-state index contributed by atoms with van der Waals surface area (Å²) < 4.78 is 10.6. The summed E-state index contributed by atoms with van der Waals surface area (Å²) in [6, 6.07) is 9.76. The number of carbonyl (C=O) groups is 2. The van der Waals surface area contributed by atoms with Crippen LogP contribution < -0.4 is 10.1 Å². The SMILES string of the molecule is CCOC(=O)c1cc(NC(=O)[C@@H](C)Oc2ccc(Cl)c(C)c2)ccc1Cl. The summed E-state index contributed by atoms with van der Waals surface area (Å²) in [7, 11) is 0. The van der Waals surface area contributed by atoms with E-state index in [9.17, 15) is 9.59 Å².